The van der Waals surface area contributed by atoms with E-state index in [1.54, 1.807) is 6.20 Å². The molecule has 6 nitrogen and oxygen atoms in total. The Morgan fingerprint density at radius 3 is 2.84 bits per heavy atom. The highest BCUT2D eigenvalue weighted by Gasteiger charge is 2.21. The van der Waals surface area contributed by atoms with Crippen LogP contribution in [-0.4, -0.2) is 36.2 Å². The summed E-state index contributed by atoms with van der Waals surface area (Å²) in [5, 5.41) is 4.40. The molecule has 3 rings (SSSR count). The van der Waals surface area contributed by atoms with Crippen molar-refractivity contribution in [1.82, 2.24) is 9.97 Å². The van der Waals surface area contributed by atoms with Gasteiger partial charge in [-0.2, -0.15) is 0 Å². The number of unbranched alkanes of at least 4 members (excludes halogenated alkanes) is 3. The Balaban J connectivity index is 1.55. The number of hydrogen-bond donors (Lipinski definition) is 2. The van der Waals surface area contributed by atoms with Crippen molar-refractivity contribution in [2.75, 3.05) is 25.6 Å². The molecule has 0 amide bonds. The van der Waals surface area contributed by atoms with Gasteiger partial charge in [-0.15, -0.1) is 0 Å². The van der Waals surface area contributed by atoms with E-state index in [4.69, 9.17) is 9.47 Å². The van der Waals surface area contributed by atoms with Crippen LogP contribution in [0.4, 0.5) is 5.82 Å². The number of pyridine rings is 1. The van der Waals surface area contributed by atoms with Crippen LogP contribution in [-0.2, 0) is 16.0 Å². The van der Waals surface area contributed by atoms with E-state index in [-0.39, 0.29) is 11.9 Å². The second-order valence-electron chi connectivity index (χ2n) is 8.14. The van der Waals surface area contributed by atoms with E-state index >= 15 is 0 Å². The first-order chi connectivity index (χ1) is 15.7. The van der Waals surface area contributed by atoms with Gasteiger partial charge in [-0.3, -0.25) is 4.79 Å². The highest BCUT2D eigenvalue weighted by Crippen LogP contribution is 2.27. The van der Waals surface area contributed by atoms with E-state index in [0.29, 0.717) is 13.0 Å². The van der Waals surface area contributed by atoms with Crippen molar-refractivity contribution >= 4 is 22.7 Å². The Bertz CT molecular complexity index is 955. The Morgan fingerprint density at radius 2 is 2.06 bits per heavy atom. The molecule has 1 atom stereocenters. The number of esters is 1. The summed E-state index contributed by atoms with van der Waals surface area (Å²) in [6.45, 7) is 3.61. The number of hydrogen-bond acceptors (Lipinski definition) is 5. The van der Waals surface area contributed by atoms with E-state index < -0.39 is 0 Å². The zero-order valence-electron chi connectivity index (χ0n) is 19.2. The molecule has 0 saturated heterocycles. The average molecular weight is 438 g/mol. The van der Waals surface area contributed by atoms with Crippen LogP contribution >= 0.6 is 0 Å². The van der Waals surface area contributed by atoms with Crippen molar-refractivity contribution in [2.45, 2.75) is 51.9 Å². The number of aromatic amines is 1. The minimum atomic E-state index is -0.122. The number of anilines is 1. The van der Waals surface area contributed by atoms with Crippen LogP contribution in [0, 0.1) is 5.92 Å². The Kier molecular flexibility index (Phi) is 9.41. The van der Waals surface area contributed by atoms with Crippen LogP contribution in [0.5, 0.6) is 5.75 Å². The minimum Gasteiger partial charge on any atom is -0.494 e. The van der Waals surface area contributed by atoms with Crippen LogP contribution in [0.15, 0.2) is 48.8 Å². The van der Waals surface area contributed by atoms with E-state index in [2.05, 4.69) is 28.3 Å². The third kappa shape index (κ3) is 7.01. The maximum atomic E-state index is 12.3. The van der Waals surface area contributed by atoms with Crippen LogP contribution in [0.25, 0.3) is 10.9 Å². The van der Waals surface area contributed by atoms with Crippen molar-refractivity contribution in [3.63, 3.8) is 0 Å². The molecule has 0 spiro atoms. The molecule has 0 saturated carbocycles. The molecule has 172 valence electrons. The number of ether oxygens (including phenoxy) is 2. The van der Waals surface area contributed by atoms with Gasteiger partial charge in [0.05, 0.1) is 19.6 Å². The molecular weight excluding hydrogens is 402 g/mol. The third-order valence-electron chi connectivity index (χ3n) is 5.71. The second kappa shape index (κ2) is 12.7. The third-order valence-corrected chi connectivity index (χ3v) is 5.71. The molecule has 0 aliphatic rings. The molecular formula is C26H35N3O3. The molecule has 2 heterocycles. The SMILES string of the molecule is CCCCCCC(Cc1c[nH]c2ccc(OCCCNc3ccccn3)cc12)C(=O)OC. The Morgan fingerprint density at radius 1 is 1.16 bits per heavy atom. The van der Waals surface area contributed by atoms with Crippen LogP contribution in [0.1, 0.15) is 51.0 Å². The molecule has 0 radical (unpaired) electrons. The summed E-state index contributed by atoms with van der Waals surface area (Å²) in [7, 11) is 1.48. The number of nitrogens with one attached hydrogen (secondary N) is 2. The van der Waals surface area contributed by atoms with Gasteiger partial charge in [0, 0.05) is 29.8 Å². The highest BCUT2D eigenvalue weighted by molar-refractivity contribution is 5.85. The summed E-state index contributed by atoms with van der Waals surface area (Å²) >= 11 is 0. The number of aromatic nitrogens is 2. The van der Waals surface area contributed by atoms with Gasteiger partial charge in [0.25, 0.3) is 0 Å². The molecule has 0 aliphatic heterocycles. The first-order valence-corrected chi connectivity index (χ1v) is 11.7. The first kappa shape index (κ1) is 23.6. The molecule has 2 N–H and O–H groups in total. The topological polar surface area (TPSA) is 76.2 Å². The van der Waals surface area contributed by atoms with Gasteiger partial charge in [0.1, 0.15) is 11.6 Å². The van der Waals surface area contributed by atoms with E-state index in [1.165, 1.54) is 20.0 Å². The van der Waals surface area contributed by atoms with Crippen molar-refractivity contribution in [3.8, 4) is 5.75 Å². The van der Waals surface area contributed by atoms with Gasteiger partial charge in [0.15, 0.2) is 0 Å². The number of nitrogens with zero attached hydrogens (tertiary/aromatic N) is 1. The molecule has 0 bridgehead atoms. The summed E-state index contributed by atoms with van der Waals surface area (Å²) in [5.41, 5.74) is 2.19. The van der Waals surface area contributed by atoms with Crippen LogP contribution in [0.3, 0.4) is 0 Å². The highest BCUT2D eigenvalue weighted by atomic mass is 16.5. The van der Waals surface area contributed by atoms with E-state index in [1.807, 2.05) is 36.5 Å². The smallest absolute Gasteiger partial charge is 0.308 e. The summed E-state index contributed by atoms with van der Waals surface area (Å²) in [6, 6.07) is 11.9. The quantitative estimate of drug-likeness (QED) is 0.248. The number of H-pyrrole nitrogens is 1. The maximum absolute atomic E-state index is 12.3. The standard InChI is InChI=1S/C26H35N3O3/c1-3-4-5-6-10-20(26(30)31-2)17-21-19-29-24-13-12-22(18-23(21)24)32-16-9-15-28-25-11-7-8-14-27-25/h7-8,11-14,18-20,29H,3-6,9-10,15-17H2,1-2H3,(H,27,28). The number of methoxy groups -OCH3 is 1. The lowest BCUT2D eigenvalue weighted by molar-refractivity contribution is -0.145. The van der Waals surface area contributed by atoms with Gasteiger partial charge in [-0.1, -0.05) is 38.7 Å². The summed E-state index contributed by atoms with van der Waals surface area (Å²) in [6.07, 6.45) is 10.8. The molecule has 6 heteroatoms. The zero-order chi connectivity index (χ0) is 22.6. The molecule has 3 aromatic rings. The van der Waals surface area contributed by atoms with E-state index in [9.17, 15) is 4.79 Å². The molecule has 2 aromatic heterocycles. The Hall–Kier alpha value is -3.02. The van der Waals surface area contributed by atoms with E-state index in [0.717, 1.165) is 60.3 Å². The average Bonchev–Trinajstić information content (AvgIpc) is 3.23. The molecule has 0 aliphatic carbocycles. The number of benzene rings is 1. The maximum Gasteiger partial charge on any atom is 0.308 e. The molecule has 0 fully saturated rings. The van der Waals surface area contributed by atoms with Gasteiger partial charge in [-0.05, 0) is 55.2 Å². The Labute approximate surface area is 190 Å². The molecule has 32 heavy (non-hydrogen) atoms. The monoisotopic (exact) mass is 437 g/mol. The zero-order valence-corrected chi connectivity index (χ0v) is 19.2. The number of rotatable bonds is 14. The van der Waals surface area contributed by atoms with Gasteiger partial charge in [-0.25, -0.2) is 4.98 Å². The number of carbonyl (C=O) groups is 1. The number of fused-ring (bicyclic) bond motifs is 1. The van der Waals surface area contributed by atoms with Crippen molar-refractivity contribution in [1.29, 1.82) is 0 Å². The summed E-state index contributed by atoms with van der Waals surface area (Å²) in [4.78, 5) is 19.9. The number of carbonyl (C=O) groups excluding carboxylic acids is 1. The van der Waals surface area contributed by atoms with Crippen molar-refractivity contribution < 1.29 is 14.3 Å². The molecule has 1 aromatic carbocycles. The fourth-order valence-electron chi connectivity index (χ4n) is 3.92. The normalized spacial score (nSPS) is 11.9. The van der Waals surface area contributed by atoms with Crippen LogP contribution < -0.4 is 10.1 Å². The second-order valence-corrected chi connectivity index (χ2v) is 8.14. The largest absolute Gasteiger partial charge is 0.494 e. The fraction of sp³-hybridized carbons (Fsp3) is 0.462. The predicted molar refractivity (Wildman–Crippen MR) is 129 cm³/mol. The van der Waals surface area contributed by atoms with Gasteiger partial charge >= 0.3 is 5.97 Å². The predicted octanol–water partition coefficient (Wildman–Crippen LogP) is 5.75. The van der Waals surface area contributed by atoms with Crippen molar-refractivity contribution in [3.05, 3.63) is 54.4 Å². The lowest BCUT2D eigenvalue weighted by Crippen LogP contribution is -2.18. The van der Waals surface area contributed by atoms with Gasteiger partial charge < -0.3 is 19.8 Å². The van der Waals surface area contributed by atoms with Crippen LogP contribution in [0.2, 0.25) is 0 Å². The molecule has 1 unspecified atom stereocenters. The minimum absolute atomic E-state index is 0.113. The van der Waals surface area contributed by atoms with Crippen molar-refractivity contribution in [2.24, 2.45) is 5.92 Å². The summed E-state index contributed by atoms with van der Waals surface area (Å²) < 4.78 is 11.1. The lowest BCUT2D eigenvalue weighted by Gasteiger charge is -2.14. The fourth-order valence-corrected chi connectivity index (χ4v) is 3.92. The lowest BCUT2D eigenvalue weighted by atomic mass is 9.93. The van der Waals surface area contributed by atoms with Gasteiger partial charge in [0.2, 0.25) is 0 Å². The first-order valence-electron chi connectivity index (χ1n) is 11.7. The summed E-state index contributed by atoms with van der Waals surface area (Å²) in [5.74, 6) is 1.48.